The van der Waals surface area contributed by atoms with E-state index in [0.29, 0.717) is 0 Å². The molecule has 0 saturated heterocycles. The average molecular weight is 234 g/mol. The zero-order valence-electron chi connectivity index (χ0n) is 10.4. The molecule has 0 radical (unpaired) electrons. The number of hydrogen-bond donors (Lipinski definition) is 2. The molecule has 2 atom stereocenters. The number of ketones is 1. The summed E-state index contributed by atoms with van der Waals surface area (Å²) in [5.74, 6) is -0.157. The van der Waals surface area contributed by atoms with Crippen molar-refractivity contribution in [3.63, 3.8) is 0 Å². The van der Waals surface area contributed by atoms with Crippen molar-refractivity contribution in [3.8, 4) is 0 Å². The predicted octanol–water partition coefficient (Wildman–Crippen LogP) is 1.04. The van der Waals surface area contributed by atoms with E-state index < -0.39 is 6.04 Å². The van der Waals surface area contributed by atoms with E-state index in [1.165, 1.54) is 13.8 Å². The molecule has 1 aromatic rings. The molecule has 1 rings (SSSR count). The number of likely N-dealkylation sites (N-methyl/N-ethyl adjacent to an activating group) is 1. The molecule has 4 nitrogen and oxygen atoms in total. The van der Waals surface area contributed by atoms with E-state index in [9.17, 15) is 9.59 Å². The molecular weight excluding hydrogens is 216 g/mol. The third-order valence-electron chi connectivity index (χ3n) is 2.60. The van der Waals surface area contributed by atoms with E-state index in [0.717, 1.165) is 5.56 Å². The van der Waals surface area contributed by atoms with Gasteiger partial charge < -0.3 is 10.6 Å². The maximum absolute atomic E-state index is 11.6. The number of benzene rings is 1. The minimum atomic E-state index is -0.415. The highest BCUT2D eigenvalue weighted by atomic mass is 16.1. The molecule has 0 aliphatic rings. The summed E-state index contributed by atoms with van der Waals surface area (Å²) in [4.78, 5) is 22.8. The zero-order chi connectivity index (χ0) is 12.8. The fraction of sp³-hybridized carbons (Fsp3) is 0.385. The van der Waals surface area contributed by atoms with Crippen molar-refractivity contribution in [2.24, 2.45) is 0 Å². The molecule has 92 valence electrons. The summed E-state index contributed by atoms with van der Waals surface area (Å²) in [7, 11) is 1.71. The smallest absolute Gasteiger partial charge is 0.217 e. The summed E-state index contributed by atoms with van der Waals surface area (Å²) in [6.07, 6.45) is 0. The van der Waals surface area contributed by atoms with Gasteiger partial charge in [-0.05, 0) is 19.5 Å². The highest BCUT2D eigenvalue weighted by Gasteiger charge is 2.25. The first-order chi connectivity index (χ1) is 8.06. The summed E-state index contributed by atoms with van der Waals surface area (Å²) in [6.45, 7) is 2.96. The van der Waals surface area contributed by atoms with Crippen LogP contribution in [0, 0.1) is 0 Å². The molecule has 0 spiro atoms. The van der Waals surface area contributed by atoms with E-state index in [4.69, 9.17) is 0 Å². The van der Waals surface area contributed by atoms with Gasteiger partial charge in [0.25, 0.3) is 0 Å². The van der Waals surface area contributed by atoms with E-state index in [-0.39, 0.29) is 17.7 Å². The van der Waals surface area contributed by atoms with E-state index >= 15 is 0 Å². The lowest BCUT2D eigenvalue weighted by molar-refractivity contribution is -0.122. The van der Waals surface area contributed by atoms with Crippen molar-refractivity contribution in [1.82, 2.24) is 10.6 Å². The first-order valence-electron chi connectivity index (χ1n) is 5.56. The van der Waals surface area contributed by atoms with Gasteiger partial charge in [0.05, 0.1) is 12.1 Å². The molecule has 1 amide bonds. The number of Topliss-reactive ketones (excluding diaryl/α,β-unsaturated/α-hetero) is 1. The van der Waals surface area contributed by atoms with Crippen LogP contribution in [0.3, 0.4) is 0 Å². The SMILES string of the molecule is CNC(C(C)=O)C(NC(C)=O)c1ccccc1. The third kappa shape index (κ3) is 3.67. The molecule has 2 unspecified atom stereocenters. The van der Waals surface area contributed by atoms with Crippen LogP contribution in [0.5, 0.6) is 0 Å². The van der Waals surface area contributed by atoms with E-state index in [1.807, 2.05) is 30.3 Å². The van der Waals surface area contributed by atoms with E-state index in [2.05, 4.69) is 10.6 Å². The Labute approximate surface area is 101 Å². The largest absolute Gasteiger partial charge is 0.347 e. The predicted molar refractivity (Wildman–Crippen MR) is 66.5 cm³/mol. The Morgan fingerprint density at radius 1 is 1.12 bits per heavy atom. The summed E-state index contributed by atoms with van der Waals surface area (Å²) in [5, 5.41) is 5.75. The highest BCUT2D eigenvalue weighted by Crippen LogP contribution is 2.17. The second-order valence-electron chi connectivity index (χ2n) is 3.97. The van der Waals surface area contributed by atoms with Crippen molar-refractivity contribution in [3.05, 3.63) is 35.9 Å². The van der Waals surface area contributed by atoms with E-state index in [1.54, 1.807) is 7.05 Å². The molecule has 0 aliphatic heterocycles. The van der Waals surface area contributed by atoms with Gasteiger partial charge in [-0.2, -0.15) is 0 Å². The van der Waals surface area contributed by atoms with Gasteiger partial charge in [-0.3, -0.25) is 9.59 Å². The summed E-state index contributed by atoms with van der Waals surface area (Å²) < 4.78 is 0. The Bertz CT molecular complexity index is 390. The second kappa shape index (κ2) is 6.15. The van der Waals surface area contributed by atoms with Crippen molar-refractivity contribution in [1.29, 1.82) is 0 Å². The standard InChI is InChI=1S/C13H18N2O2/c1-9(16)12(14-3)13(15-10(2)17)11-7-5-4-6-8-11/h4-8,12-14H,1-3H3,(H,15,17). The van der Waals surface area contributed by atoms with Crippen LogP contribution in [0.4, 0.5) is 0 Å². The minimum absolute atomic E-state index is 0.00453. The van der Waals surface area contributed by atoms with Crippen molar-refractivity contribution < 1.29 is 9.59 Å². The lowest BCUT2D eigenvalue weighted by Gasteiger charge is -2.25. The molecule has 17 heavy (non-hydrogen) atoms. The fourth-order valence-corrected chi connectivity index (χ4v) is 1.84. The van der Waals surface area contributed by atoms with Crippen LogP contribution < -0.4 is 10.6 Å². The Morgan fingerprint density at radius 2 is 1.71 bits per heavy atom. The van der Waals surface area contributed by atoms with Gasteiger partial charge in [-0.25, -0.2) is 0 Å². The first kappa shape index (κ1) is 13.4. The monoisotopic (exact) mass is 234 g/mol. The van der Waals surface area contributed by atoms with Crippen LogP contribution in [0.15, 0.2) is 30.3 Å². The van der Waals surface area contributed by atoms with Crippen LogP contribution in [-0.4, -0.2) is 24.8 Å². The van der Waals surface area contributed by atoms with Crippen molar-refractivity contribution in [2.75, 3.05) is 7.05 Å². The third-order valence-corrected chi connectivity index (χ3v) is 2.60. The number of nitrogens with one attached hydrogen (secondary N) is 2. The molecule has 0 aliphatic carbocycles. The maximum Gasteiger partial charge on any atom is 0.217 e. The molecule has 0 saturated carbocycles. The number of amides is 1. The molecule has 2 N–H and O–H groups in total. The highest BCUT2D eigenvalue weighted by molar-refractivity contribution is 5.84. The summed E-state index contributed by atoms with van der Waals surface area (Å²) in [5.41, 5.74) is 0.914. The molecule has 4 heteroatoms. The maximum atomic E-state index is 11.6. The van der Waals surface area contributed by atoms with Crippen LogP contribution in [-0.2, 0) is 9.59 Å². The Morgan fingerprint density at radius 3 is 2.12 bits per heavy atom. The van der Waals surface area contributed by atoms with Gasteiger partial charge in [0.2, 0.25) is 5.91 Å². The van der Waals surface area contributed by atoms with Gasteiger partial charge in [0.15, 0.2) is 0 Å². The van der Waals surface area contributed by atoms with Crippen LogP contribution >= 0.6 is 0 Å². The first-order valence-corrected chi connectivity index (χ1v) is 5.56. The quantitative estimate of drug-likeness (QED) is 0.800. The van der Waals surface area contributed by atoms with Gasteiger partial charge in [-0.15, -0.1) is 0 Å². The van der Waals surface area contributed by atoms with Gasteiger partial charge in [0.1, 0.15) is 5.78 Å². The molecule has 1 aromatic carbocycles. The van der Waals surface area contributed by atoms with Crippen molar-refractivity contribution >= 4 is 11.7 Å². The van der Waals surface area contributed by atoms with Crippen molar-refractivity contribution in [2.45, 2.75) is 25.9 Å². The normalized spacial score (nSPS) is 13.8. The fourth-order valence-electron chi connectivity index (χ4n) is 1.84. The topological polar surface area (TPSA) is 58.2 Å². The average Bonchev–Trinajstić information content (AvgIpc) is 2.29. The van der Waals surface area contributed by atoms with Gasteiger partial charge in [0, 0.05) is 6.92 Å². The lowest BCUT2D eigenvalue weighted by atomic mass is 9.96. The minimum Gasteiger partial charge on any atom is -0.347 e. The Balaban J connectivity index is 3.02. The van der Waals surface area contributed by atoms with Gasteiger partial charge in [-0.1, -0.05) is 30.3 Å². The van der Waals surface area contributed by atoms with Gasteiger partial charge >= 0.3 is 0 Å². The molecule has 0 bridgehead atoms. The molecular formula is C13H18N2O2. The molecule has 0 fully saturated rings. The number of rotatable bonds is 5. The molecule has 0 aromatic heterocycles. The zero-order valence-corrected chi connectivity index (χ0v) is 10.4. The lowest BCUT2D eigenvalue weighted by Crippen LogP contribution is -2.45. The molecule has 0 heterocycles. The van der Waals surface area contributed by atoms with Crippen LogP contribution in [0.1, 0.15) is 25.5 Å². The second-order valence-corrected chi connectivity index (χ2v) is 3.97. The number of hydrogen-bond acceptors (Lipinski definition) is 3. The van der Waals surface area contributed by atoms with Crippen LogP contribution in [0.2, 0.25) is 0 Å². The number of carbonyl (C=O) groups excluding carboxylic acids is 2. The number of carbonyl (C=O) groups is 2. The summed E-state index contributed by atoms with van der Waals surface area (Å²) in [6, 6.07) is 8.71. The Hall–Kier alpha value is -1.68. The summed E-state index contributed by atoms with van der Waals surface area (Å²) >= 11 is 0. The Kier molecular flexibility index (Phi) is 4.84. The van der Waals surface area contributed by atoms with Crippen LogP contribution in [0.25, 0.3) is 0 Å².